The van der Waals surface area contributed by atoms with Crippen LogP contribution in [0.5, 0.6) is 0 Å². The minimum atomic E-state index is 0.276. The van der Waals surface area contributed by atoms with E-state index in [9.17, 15) is 0 Å². The highest BCUT2D eigenvalue weighted by Crippen LogP contribution is 2.12. The van der Waals surface area contributed by atoms with Crippen LogP contribution in [0.4, 0.5) is 0 Å². The van der Waals surface area contributed by atoms with Crippen molar-refractivity contribution in [2.75, 3.05) is 18.1 Å². The Morgan fingerprint density at radius 2 is 1.86 bits per heavy atom. The van der Waals surface area contributed by atoms with Gasteiger partial charge in [0.1, 0.15) is 0 Å². The fraction of sp³-hybridized carbons (Fsp3) is 1.00. The fourth-order valence-electron chi connectivity index (χ4n) is 1.27. The van der Waals surface area contributed by atoms with Gasteiger partial charge >= 0.3 is 0 Å². The zero-order chi connectivity index (χ0) is 11.0. The van der Waals surface area contributed by atoms with Crippen molar-refractivity contribution in [3.8, 4) is 0 Å². The Bertz CT molecular complexity index is 129. The second-order valence-electron chi connectivity index (χ2n) is 5.06. The largest absolute Gasteiger partial charge is 0.312 e. The van der Waals surface area contributed by atoms with Gasteiger partial charge in [0.15, 0.2) is 0 Å². The Morgan fingerprint density at radius 3 is 2.36 bits per heavy atom. The topological polar surface area (TPSA) is 12.0 Å². The van der Waals surface area contributed by atoms with Crippen molar-refractivity contribution in [1.29, 1.82) is 0 Å². The summed E-state index contributed by atoms with van der Waals surface area (Å²) in [6.07, 6.45) is 2.67. The lowest BCUT2D eigenvalue weighted by Crippen LogP contribution is -2.36. The van der Waals surface area contributed by atoms with E-state index < -0.39 is 0 Å². The van der Waals surface area contributed by atoms with Crippen molar-refractivity contribution in [3.05, 3.63) is 0 Å². The Labute approximate surface area is 94.4 Å². The maximum absolute atomic E-state index is 3.54. The minimum absolute atomic E-state index is 0.276. The van der Waals surface area contributed by atoms with Crippen LogP contribution in [0, 0.1) is 5.92 Å². The SMILES string of the molecule is CCSCCC(C)CCNC(C)(C)C. The van der Waals surface area contributed by atoms with Crippen LogP contribution in [0.15, 0.2) is 0 Å². The van der Waals surface area contributed by atoms with Crippen molar-refractivity contribution in [1.82, 2.24) is 5.32 Å². The first-order chi connectivity index (χ1) is 6.45. The highest BCUT2D eigenvalue weighted by atomic mass is 32.2. The van der Waals surface area contributed by atoms with Gasteiger partial charge in [0.05, 0.1) is 0 Å². The predicted molar refractivity (Wildman–Crippen MR) is 69.2 cm³/mol. The van der Waals surface area contributed by atoms with E-state index in [1.165, 1.54) is 24.3 Å². The predicted octanol–water partition coefficient (Wildman–Crippen LogP) is 3.54. The van der Waals surface area contributed by atoms with Crippen molar-refractivity contribution in [3.63, 3.8) is 0 Å². The van der Waals surface area contributed by atoms with Gasteiger partial charge in [-0.25, -0.2) is 0 Å². The second-order valence-corrected chi connectivity index (χ2v) is 6.45. The summed E-state index contributed by atoms with van der Waals surface area (Å²) in [6.45, 7) is 12.4. The smallest absolute Gasteiger partial charge is 0.00965 e. The summed E-state index contributed by atoms with van der Waals surface area (Å²) in [5, 5.41) is 3.54. The number of nitrogens with one attached hydrogen (secondary N) is 1. The number of hydrogen-bond donors (Lipinski definition) is 1. The lowest BCUT2D eigenvalue weighted by Gasteiger charge is -2.21. The van der Waals surface area contributed by atoms with Gasteiger partial charge in [-0.2, -0.15) is 11.8 Å². The summed E-state index contributed by atoms with van der Waals surface area (Å²) < 4.78 is 0. The van der Waals surface area contributed by atoms with E-state index in [2.05, 4.69) is 51.7 Å². The minimum Gasteiger partial charge on any atom is -0.312 e. The molecule has 0 aliphatic heterocycles. The third kappa shape index (κ3) is 10.4. The highest BCUT2D eigenvalue weighted by Gasteiger charge is 2.09. The number of thioether (sulfide) groups is 1. The Kier molecular flexibility index (Phi) is 7.75. The summed E-state index contributed by atoms with van der Waals surface area (Å²) in [4.78, 5) is 0. The van der Waals surface area contributed by atoms with Crippen molar-refractivity contribution < 1.29 is 0 Å². The standard InChI is InChI=1S/C12H27NS/c1-6-14-10-8-11(2)7-9-13-12(3,4)5/h11,13H,6-10H2,1-5H3. The van der Waals surface area contributed by atoms with E-state index in [4.69, 9.17) is 0 Å². The molecule has 0 saturated heterocycles. The molecule has 0 aromatic rings. The molecule has 0 aromatic heterocycles. The van der Waals surface area contributed by atoms with Crippen LogP contribution in [0.1, 0.15) is 47.5 Å². The molecule has 0 aromatic carbocycles. The molecule has 86 valence electrons. The van der Waals surface area contributed by atoms with Crippen LogP contribution < -0.4 is 5.32 Å². The molecule has 2 heteroatoms. The molecule has 0 bridgehead atoms. The summed E-state index contributed by atoms with van der Waals surface area (Å²) in [6, 6.07) is 0. The van der Waals surface area contributed by atoms with Gasteiger partial charge in [-0.1, -0.05) is 13.8 Å². The van der Waals surface area contributed by atoms with Gasteiger partial charge < -0.3 is 5.32 Å². The molecule has 1 unspecified atom stereocenters. The third-order valence-corrected chi connectivity index (χ3v) is 3.18. The Balaban J connectivity index is 3.31. The molecule has 0 saturated carbocycles. The summed E-state index contributed by atoms with van der Waals surface area (Å²) in [5.74, 6) is 3.45. The lowest BCUT2D eigenvalue weighted by molar-refractivity contribution is 0.392. The van der Waals surface area contributed by atoms with Gasteiger partial charge in [0.25, 0.3) is 0 Å². The van der Waals surface area contributed by atoms with Crippen LogP contribution in [0.25, 0.3) is 0 Å². The monoisotopic (exact) mass is 217 g/mol. The first kappa shape index (κ1) is 14.3. The Morgan fingerprint density at radius 1 is 1.21 bits per heavy atom. The highest BCUT2D eigenvalue weighted by molar-refractivity contribution is 7.99. The van der Waals surface area contributed by atoms with Crippen molar-refractivity contribution in [2.45, 2.75) is 53.0 Å². The third-order valence-electron chi connectivity index (χ3n) is 2.25. The first-order valence-corrected chi connectivity index (χ1v) is 6.94. The molecule has 0 amide bonds. The average molecular weight is 217 g/mol. The molecule has 0 fully saturated rings. The molecule has 0 aliphatic carbocycles. The molecule has 1 N–H and O–H groups in total. The van der Waals surface area contributed by atoms with Gasteiger partial charge in [-0.05, 0) is 57.6 Å². The second kappa shape index (κ2) is 7.58. The van der Waals surface area contributed by atoms with Crippen molar-refractivity contribution in [2.24, 2.45) is 5.92 Å². The summed E-state index contributed by atoms with van der Waals surface area (Å²) in [7, 11) is 0. The lowest BCUT2D eigenvalue weighted by atomic mass is 10.0. The normalized spacial score (nSPS) is 14.4. The number of rotatable bonds is 7. The molecular formula is C12H27NS. The van der Waals surface area contributed by atoms with Gasteiger partial charge in [0.2, 0.25) is 0 Å². The van der Waals surface area contributed by atoms with E-state index in [-0.39, 0.29) is 5.54 Å². The van der Waals surface area contributed by atoms with Crippen LogP contribution >= 0.6 is 11.8 Å². The summed E-state index contributed by atoms with van der Waals surface area (Å²) in [5.41, 5.74) is 0.276. The van der Waals surface area contributed by atoms with Crippen LogP contribution in [-0.4, -0.2) is 23.6 Å². The number of hydrogen-bond acceptors (Lipinski definition) is 2. The van der Waals surface area contributed by atoms with Gasteiger partial charge in [-0.3, -0.25) is 0 Å². The van der Waals surface area contributed by atoms with Crippen LogP contribution in [0.2, 0.25) is 0 Å². The van der Waals surface area contributed by atoms with E-state index in [1.54, 1.807) is 0 Å². The van der Waals surface area contributed by atoms with Gasteiger partial charge in [-0.15, -0.1) is 0 Å². The zero-order valence-electron chi connectivity index (χ0n) is 10.5. The quantitative estimate of drug-likeness (QED) is 0.655. The molecule has 0 aliphatic rings. The Hall–Kier alpha value is 0.310. The van der Waals surface area contributed by atoms with Crippen molar-refractivity contribution >= 4 is 11.8 Å². The van der Waals surface area contributed by atoms with E-state index in [0.29, 0.717) is 0 Å². The first-order valence-electron chi connectivity index (χ1n) is 5.78. The summed E-state index contributed by atoms with van der Waals surface area (Å²) >= 11 is 2.06. The molecule has 0 radical (unpaired) electrons. The molecule has 1 atom stereocenters. The molecule has 0 heterocycles. The van der Waals surface area contributed by atoms with E-state index in [0.717, 1.165) is 12.5 Å². The van der Waals surface area contributed by atoms with Crippen LogP contribution in [-0.2, 0) is 0 Å². The van der Waals surface area contributed by atoms with E-state index >= 15 is 0 Å². The zero-order valence-corrected chi connectivity index (χ0v) is 11.3. The molecule has 0 rings (SSSR count). The molecule has 1 nitrogen and oxygen atoms in total. The van der Waals surface area contributed by atoms with E-state index in [1.807, 2.05) is 0 Å². The van der Waals surface area contributed by atoms with Crippen LogP contribution in [0.3, 0.4) is 0 Å². The molecule has 0 spiro atoms. The maximum atomic E-state index is 3.54. The average Bonchev–Trinajstić information content (AvgIpc) is 2.02. The molecule has 14 heavy (non-hydrogen) atoms. The van der Waals surface area contributed by atoms with Gasteiger partial charge in [0, 0.05) is 5.54 Å². The fourth-order valence-corrected chi connectivity index (χ4v) is 2.12. The maximum Gasteiger partial charge on any atom is 0.00965 e. The molecular weight excluding hydrogens is 190 g/mol.